The second kappa shape index (κ2) is 13.6. The second-order valence-corrected chi connectivity index (χ2v) is 16.4. The minimum atomic E-state index is -0.207. The van der Waals surface area contributed by atoms with Crippen LogP contribution < -0.4 is 18.9 Å². The number of fused-ring (bicyclic) bond motifs is 3. The van der Waals surface area contributed by atoms with E-state index >= 15 is 0 Å². The predicted molar refractivity (Wildman–Crippen MR) is 198 cm³/mol. The van der Waals surface area contributed by atoms with Gasteiger partial charge in [0.2, 0.25) is 0 Å². The Morgan fingerprint density at radius 2 is 1.06 bits per heavy atom. The molecule has 3 aliphatic rings. The first kappa shape index (κ1) is 34.7. The molecule has 3 aromatic carbocycles. The minimum absolute atomic E-state index is 0.00205. The third-order valence-corrected chi connectivity index (χ3v) is 10.9. The maximum absolute atomic E-state index is 7.39. The third-order valence-electron chi connectivity index (χ3n) is 10.9. The lowest BCUT2D eigenvalue weighted by Gasteiger charge is -2.38. The van der Waals surface area contributed by atoms with Crippen LogP contribution in [0.3, 0.4) is 0 Å². The highest BCUT2D eigenvalue weighted by molar-refractivity contribution is 5.60. The molecular formula is C44H60O4. The largest absolute Gasteiger partial charge is 0.493 e. The van der Waals surface area contributed by atoms with E-state index in [-0.39, 0.29) is 18.1 Å². The number of rotatable bonds is 8. The van der Waals surface area contributed by atoms with Crippen LogP contribution in [0.2, 0.25) is 0 Å². The molecule has 2 unspecified atom stereocenters. The number of hydrogen-bond acceptors (Lipinski definition) is 4. The summed E-state index contributed by atoms with van der Waals surface area (Å²) in [6.45, 7) is 28.7. The molecule has 0 amide bonds. The first-order valence-corrected chi connectivity index (χ1v) is 18.9. The van der Waals surface area contributed by atoms with Gasteiger partial charge in [0.1, 0.15) is 24.2 Å². The molecule has 3 heterocycles. The molecule has 4 heteroatoms. The van der Waals surface area contributed by atoms with E-state index in [0.29, 0.717) is 36.2 Å². The highest BCUT2D eigenvalue weighted by Crippen LogP contribution is 2.52. The zero-order valence-corrected chi connectivity index (χ0v) is 31.8. The van der Waals surface area contributed by atoms with Gasteiger partial charge in [-0.2, -0.15) is 0 Å². The standard InChI is InChI=1S/C44H60O4/c1-23(2)29-15-16-30(24(3)4)44-43(29)46-22-38(48-44)36-20-33(25(5)6)31-17-18-37(47-42(31)40(36)28(11)12)35-21-34(26(7)8)41-32(14-13-19-45-41)39(35)27(9)10/h15-16,20-21,23-28,37-38H,13-14,17-19,22H2,1-12H3. The number of benzene rings is 3. The van der Waals surface area contributed by atoms with Crippen LogP contribution in [0.4, 0.5) is 0 Å². The van der Waals surface area contributed by atoms with E-state index in [1.54, 1.807) is 0 Å². The molecule has 3 aromatic rings. The molecule has 0 saturated heterocycles. The van der Waals surface area contributed by atoms with Crippen molar-refractivity contribution in [2.75, 3.05) is 13.2 Å². The summed E-state index contributed by atoms with van der Waals surface area (Å²) in [6, 6.07) is 9.36. The van der Waals surface area contributed by atoms with Crippen molar-refractivity contribution in [1.82, 2.24) is 0 Å². The normalized spacial score (nSPS) is 18.9. The summed E-state index contributed by atoms with van der Waals surface area (Å²) in [5.74, 6) is 6.17. The lowest BCUT2D eigenvalue weighted by atomic mass is 9.79. The van der Waals surface area contributed by atoms with Crippen molar-refractivity contribution in [2.45, 2.75) is 156 Å². The summed E-state index contributed by atoms with van der Waals surface area (Å²) in [5, 5.41) is 0. The zero-order chi connectivity index (χ0) is 34.6. The van der Waals surface area contributed by atoms with Crippen LogP contribution in [-0.4, -0.2) is 13.2 Å². The summed E-state index contributed by atoms with van der Waals surface area (Å²) >= 11 is 0. The van der Waals surface area contributed by atoms with Crippen LogP contribution in [0.1, 0.15) is 199 Å². The molecule has 0 aromatic heterocycles. The SMILES string of the molecule is CC(C)c1cc(C2COc3c(C(C)C)ccc(C(C)C)c3O2)c(C(C)C)c2c1CCC(c1cc(C(C)C)c3c(c1C(C)C)CCCO3)O2. The van der Waals surface area contributed by atoms with Gasteiger partial charge in [0, 0.05) is 22.3 Å². The van der Waals surface area contributed by atoms with Crippen LogP contribution in [0.15, 0.2) is 24.3 Å². The molecule has 260 valence electrons. The second-order valence-electron chi connectivity index (χ2n) is 16.4. The van der Waals surface area contributed by atoms with Crippen LogP contribution in [-0.2, 0) is 12.8 Å². The molecule has 6 rings (SSSR count). The van der Waals surface area contributed by atoms with Gasteiger partial charge in [0.25, 0.3) is 0 Å². The fourth-order valence-corrected chi connectivity index (χ4v) is 8.48. The average Bonchev–Trinajstić information content (AvgIpc) is 3.04. The number of ether oxygens (including phenoxy) is 4. The molecule has 0 fully saturated rings. The fourth-order valence-electron chi connectivity index (χ4n) is 8.48. The van der Waals surface area contributed by atoms with Crippen molar-refractivity contribution in [3.63, 3.8) is 0 Å². The van der Waals surface area contributed by atoms with Crippen molar-refractivity contribution >= 4 is 0 Å². The molecule has 0 spiro atoms. The minimum Gasteiger partial charge on any atom is -0.493 e. The van der Waals surface area contributed by atoms with Gasteiger partial charge >= 0.3 is 0 Å². The lowest BCUT2D eigenvalue weighted by molar-refractivity contribution is 0.0865. The first-order chi connectivity index (χ1) is 22.8. The molecule has 2 atom stereocenters. The smallest absolute Gasteiger partial charge is 0.166 e. The maximum Gasteiger partial charge on any atom is 0.166 e. The van der Waals surface area contributed by atoms with E-state index < -0.39 is 0 Å². The van der Waals surface area contributed by atoms with Gasteiger partial charge in [0.15, 0.2) is 17.6 Å². The van der Waals surface area contributed by atoms with Gasteiger partial charge < -0.3 is 18.9 Å². The Morgan fingerprint density at radius 1 is 0.500 bits per heavy atom. The maximum atomic E-state index is 7.39. The highest BCUT2D eigenvalue weighted by atomic mass is 16.6. The summed E-state index contributed by atoms with van der Waals surface area (Å²) < 4.78 is 27.6. The first-order valence-electron chi connectivity index (χ1n) is 18.9. The lowest BCUT2D eigenvalue weighted by Crippen LogP contribution is -2.27. The van der Waals surface area contributed by atoms with E-state index in [1.165, 1.54) is 55.6 Å². The topological polar surface area (TPSA) is 36.9 Å². The van der Waals surface area contributed by atoms with Gasteiger partial charge in [-0.3, -0.25) is 0 Å². The van der Waals surface area contributed by atoms with Crippen molar-refractivity contribution in [1.29, 1.82) is 0 Å². The summed E-state index contributed by atoms with van der Waals surface area (Å²) in [7, 11) is 0. The van der Waals surface area contributed by atoms with Gasteiger partial charge in [0.05, 0.1) is 6.61 Å². The van der Waals surface area contributed by atoms with E-state index in [4.69, 9.17) is 18.9 Å². The Balaban J connectivity index is 1.49. The van der Waals surface area contributed by atoms with Gasteiger partial charge in [-0.15, -0.1) is 0 Å². The van der Waals surface area contributed by atoms with E-state index in [9.17, 15) is 0 Å². The van der Waals surface area contributed by atoms with Crippen LogP contribution >= 0.6 is 0 Å². The summed E-state index contributed by atoms with van der Waals surface area (Å²) in [4.78, 5) is 0. The predicted octanol–water partition coefficient (Wildman–Crippen LogP) is 12.3. The Morgan fingerprint density at radius 3 is 1.67 bits per heavy atom. The Bertz CT molecular complexity index is 1660. The highest BCUT2D eigenvalue weighted by Gasteiger charge is 2.37. The monoisotopic (exact) mass is 652 g/mol. The molecule has 0 radical (unpaired) electrons. The summed E-state index contributed by atoms with van der Waals surface area (Å²) in [6.07, 6.45) is 3.93. The quantitative estimate of drug-likeness (QED) is 0.243. The van der Waals surface area contributed by atoms with Crippen molar-refractivity contribution < 1.29 is 18.9 Å². The molecule has 48 heavy (non-hydrogen) atoms. The number of hydrogen-bond donors (Lipinski definition) is 0. The Kier molecular flexibility index (Phi) is 9.86. The molecule has 4 nitrogen and oxygen atoms in total. The van der Waals surface area contributed by atoms with Gasteiger partial charge in [-0.05, 0) is 101 Å². The zero-order valence-electron chi connectivity index (χ0n) is 31.8. The average molecular weight is 653 g/mol. The van der Waals surface area contributed by atoms with E-state index in [0.717, 1.165) is 55.3 Å². The van der Waals surface area contributed by atoms with Crippen molar-refractivity contribution in [3.05, 3.63) is 79.9 Å². The Hall–Kier alpha value is -3.14. The molecular weight excluding hydrogens is 592 g/mol. The summed E-state index contributed by atoms with van der Waals surface area (Å²) in [5.41, 5.74) is 13.2. The van der Waals surface area contributed by atoms with Crippen LogP contribution in [0.25, 0.3) is 0 Å². The van der Waals surface area contributed by atoms with Gasteiger partial charge in [-0.25, -0.2) is 0 Å². The van der Waals surface area contributed by atoms with Crippen LogP contribution in [0, 0.1) is 0 Å². The molecule has 0 saturated carbocycles. The van der Waals surface area contributed by atoms with Gasteiger partial charge in [-0.1, -0.05) is 101 Å². The third kappa shape index (κ3) is 6.11. The molecule has 0 aliphatic carbocycles. The Labute approximate surface area is 290 Å². The molecule has 0 bridgehead atoms. The van der Waals surface area contributed by atoms with Crippen molar-refractivity contribution in [2.24, 2.45) is 0 Å². The van der Waals surface area contributed by atoms with Crippen LogP contribution in [0.5, 0.6) is 23.0 Å². The molecule has 0 N–H and O–H groups in total. The molecule has 3 aliphatic heterocycles. The fraction of sp³-hybridized carbons (Fsp3) is 0.591. The van der Waals surface area contributed by atoms with E-state index in [2.05, 4.69) is 107 Å². The van der Waals surface area contributed by atoms with E-state index in [1.807, 2.05) is 0 Å². The van der Waals surface area contributed by atoms with Crippen molar-refractivity contribution in [3.8, 4) is 23.0 Å².